The molecule has 3 heteroatoms. The van der Waals surface area contributed by atoms with Crippen molar-refractivity contribution in [2.45, 2.75) is 91.9 Å². The summed E-state index contributed by atoms with van der Waals surface area (Å²) in [6.07, 6.45) is 12.9. The molecule has 0 spiro atoms. The predicted octanol–water partition coefficient (Wildman–Crippen LogP) is 1.88. The Kier molecular flexibility index (Phi) is 17.9. The van der Waals surface area contributed by atoms with Crippen LogP contribution in [-0.4, -0.2) is 5.97 Å². The standard InChI is InChI=1S/C19H36O2.Na/c1-5-9-11-16(7-3)13-14-18(19(20)21)15-17(8-4)12-10-6-2;/h14,16-17H,5-13,15H2,1-4H3,(H,20,21);/q;+1/p-1. The first-order valence-electron chi connectivity index (χ1n) is 8.99. The molecule has 2 nitrogen and oxygen atoms in total. The van der Waals surface area contributed by atoms with Crippen LogP contribution in [0.2, 0.25) is 0 Å². The van der Waals surface area contributed by atoms with Crippen LogP contribution in [-0.2, 0) is 4.79 Å². The third kappa shape index (κ3) is 11.7. The first-order chi connectivity index (χ1) is 10.1. The van der Waals surface area contributed by atoms with Crippen molar-refractivity contribution < 1.29 is 39.5 Å². The molecule has 0 radical (unpaired) electrons. The third-order valence-electron chi connectivity index (χ3n) is 4.55. The monoisotopic (exact) mass is 318 g/mol. The maximum Gasteiger partial charge on any atom is 1.00 e. The molecule has 0 aliphatic carbocycles. The van der Waals surface area contributed by atoms with Crippen molar-refractivity contribution in [2.75, 3.05) is 0 Å². The summed E-state index contributed by atoms with van der Waals surface area (Å²) in [5.74, 6) is 0.148. The molecule has 2 atom stereocenters. The number of aliphatic carboxylic acids is 1. The number of carbonyl (C=O) groups excluding carboxylic acids is 1. The van der Waals surface area contributed by atoms with Gasteiger partial charge in [-0.15, -0.1) is 0 Å². The second-order valence-electron chi connectivity index (χ2n) is 6.29. The number of allylic oxidation sites excluding steroid dienone is 1. The van der Waals surface area contributed by atoms with E-state index in [1.54, 1.807) is 0 Å². The second-order valence-corrected chi connectivity index (χ2v) is 6.29. The molecule has 0 saturated carbocycles. The maximum absolute atomic E-state index is 11.4. The van der Waals surface area contributed by atoms with Gasteiger partial charge in [0.15, 0.2) is 0 Å². The molecule has 0 aliphatic rings. The van der Waals surface area contributed by atoms with Gasteiger partial charge in [0, 0.05) is 0 Å². The summed E-state index contributed by atoms with van der Waals surface area (Å²) < 4.78 is 0. The normalized spacial score (nSPS) is 14.3. The molecule has 0 rings (SSSR count). The molecule has 0 bridgehead atoms. The van der Waals surface area contributed by atoms with E-state index in [9.17, 15) is 9.90 Å². The van der Waals surface area contributed by atoms with Crippen LogP contribution in [0.4, 0.5) is 0 Å². The molecule has 0 N–H and O–H groups in total. The van der Waals surface area contributed by atoms with E-state index in [2.05, 4.69) is 27.7 Å². The second kappa shape index (κ2) is 16.1. The maximum atomic E-state index is 11.4. The number of carbonyl (C=O) groups is 1. The van der Waals surface area contributed by atoms with Gasteiger partial charge in [0.1, 0.15) is 0 Å². The van der Waals surface area contributed by atoms with Crippen molar-refractivity contribution in [1.82, 2.24) is 0 Å². The van der Waals surface area contributed by atoms with Crippen molar-refractivity contribution in [2.24, 2.45) is 11.8 Å². The molecule has 0 saturated heterocycles. The molecule has 0 heterocycles. The summed E-state index contributed by atoms with van der Waals surface area (Å²) >= 11 is 0. The summed E-state index contributed by atoms with van der Waals surface area (Å²) in [6, 6.07) is 0. The smallest absolute Gasteiger partial charge is 0.545 e. The van der Waals surface area contributed by atoms with E-state index in [-0.39, 0.29) is 29.6 Å². The number of rotatable bonds is 13. The molecule has 0 fully saturated rings. The van der Waals surface area contributed by atoms with Gasteiger partial charge in [-0.05, 0) is 30.3 Å². The summed E-state index contributed by atoms with van der Waals surface area (Å²) in [7, 11) is 0. The largest absolute Gasteiger partial charge is 1.00 e. The fraction of sp³-hybridized carbons (Fsp3) is 0.842. The van der Waals surface area contributed by atoms with E-state index < -0.39 is 5.97 Å². The van der Waals surface area contributed by atoms with E-state index in [4.69, 9.17) is 0 Å². The molecule has 2 unspecified atom stereocenters. The Hall–Kier alpha value is 0.210. The van der Waals surface area contributed by atoms with Crippen LogP contribution in [0, 0.1) is 11.8 Å². The van der Waals surface area contributed by atoms with Gasteiger partial charge in [-0.3, -0.25) is 0 Å². The minimum absolute atomic E-state index is 0. The van der Waals surface area contributed by atoms with E-state index in [1.807, 2.05) is 6.08 Å². The molecule has 124 valence electrons. The third-order valence-corrected chi connectivity index (χ3v) is 4.55. The molecule has 0 amide bonds. The van der Waals surface area contributed by atoms with Gasteiger partial charge < -0.3 is 9.90 Å². The zero-order valence-corrected chi connectivity index (χ0v) is 17.6. The fourth-order valence-electron chi connectivity index (χ4n) is 2.79. The minimum Gasteiger partial charge on any atom is -0.545 e. The van der Waals surface area contributed by atoms with Gasteiger partial charge in [0.2, 0.25) is 0 Å². The van der Waals surface area contributed by atoms with Crippen LogP contribution in [0.25, 0.3) is 0 Å². The minimum atomic E-state index is -0.963. The first-order valence-corrected chi connectivity index (χ1v) is 8.99. The number of hydrogen-bond donors (Lipinski definition) is 0. The Morgan fingerprint density at radius 3 is 1.86 bits per heavy atom. The van der Waals surface area contributed by atoms with Crippen LogP contribution in [0.3, 0.4) is 0 Å². The van der Waals surface area contributed by atoms with Gasteiger partial charge >= 0.3 is 29.6 Å². The van der Waals surface area contributed by atoms with Crippen LogP contribution in [0.1, 0.15) is 91.9 Å². The van der Waals surface area contributed by atoms with Gasteiger partial charge in [-0.25, -0.2) is 0 Å². The molecule has 0 aromatic carbocycles. The average Bonchev–Trinajstić information content (AvgIpc) is 2.49. The SMILES string of the molecule is CCCCC(CC)CC=C(CC(CC)CCCC)C(=O)[O-].[Na+]. The summed E-state index contributed by atoms with van der Waals surface area (Å²) in [5, 5.41) is 11.4. The number of hydrogen-bond acceptors (Lipinski definition) is 2. The molecule has 0 aromatic rings. The topological polar surface area (TPSA) is 40.1 Å². The van der Waals surface area contributed by atoms with Crippen LogP contribution in [0.15, 0.2) is 11.6 Å². The summed E-state index contributed by atoms with van der Waals surface area (Å²) in [6.45, 7) is 8.74. The van der Waals surface area contributed by atoms with Crippen molar-refractivity contribution in [3.05, 3.63) is 11.6 Å². The molecule has 0 aliphatic heterocycles. The summed E-state index contributed by atoms with van der Waals surface area (Å²) in [4.78, 5) is 11.4. The first kappa shape index (κ1) is 24.5. The van der Waals surface area contributed by atoms with Crippen molar-refractivity contribution >= 4 is 5.97 Å². The number of unbranched alkanes of at least 4 members (excludes halogenated alkanes) is 2. The Balaban J connectivity index is 0. The van der Waals surface area contributed by atoms with Gasteiger partial charge in [0.05, 0.1) is 5.97 Å². The van der Waals surface area contributed by atoms with E-state index >= 15 is 0 Å². The van der Waals surface area contributed by atoms with E-state index in [0.717, 1.165) is 25.7 Å². The molecule has 0 aromatic heterocycles. The summed E-state index contributed by atoms with van der Waals surface area (Å²) in [5.41, 5.74) is 0.535. The van der Waals surface area contributed by atoms with Crippen LogP contribution in [0.5, 0.6) is 0 Å². The van der Waals surface area contributed by atoms with Crippen molar-refractivity contribution in [3.8, 4) is 0 Å². The van der Waals surface area contributed by atoms with Gasteiger partial charge in [0.25, 0.3) is 0 Å². The Labute approximate surface area is 160 Å². The predicted molar refractivity (Wildman–Crippen MR) is 88.9 cm³/mol. The zero-order valence-electron chi connectivity index (χ0n) is 15.6. The number of carboxylic acid groups (broad SMARTS) is 1. The molecular formula is C19H35NaO2. The van der Waals surface area contributed by atoms with E-state index in [0.29, 0.717) is 23.8 Å². The van der Waals surface area contributed by atoms with Gasteiger partial charge in [-0.1, -0.05) is 85.1 Å². The van der Waals surface area contributed by atoms with Gasteiger partial charge in [-0.2, -0.15) is 0 Å². The zero-order chi connectivity index (χ0) is 16.1. The molecular weight excluding hydrogens is 283 g/mol. The van der Waals surface area contributed by atoms with Crippen LogP contribution >= 0.6 is 0 Å². The quantitative estimate of drug-likeness (QED) is 0.384. The number of carboxylic acids is 1. The van der Waals surface area contributed by atoms with Crippen molar-refractivity contribution in [3.63, 3.8) is 0 Å². The Morgan fingerprint density at radius 2 is 1.45 bits per heavy atom. The van der Waals surface area contributed by atoms with Crippen LogP contribution < -0.4 is 34.7 Å². The fourth-order valence-corrected chi connectivity index (χ4v) is 2.79. The Bertz CT molecular complexity index is 300. The Morgan fingerprint density at radius 1 is 0.955 bits per heavy atom. The van der Waals surface area contributed by atoms with Crippen molar-refractivity contribution in [1.29, 1.82) is 0 Å². The van der Waals surface area contributed by atoms with E-state index in [1.165, 1.54) is 32.1 Å². The molecule has 22 heavy (non-hydrogen) atoms. The average molecular weight is 318 g/mol.